The molecule has 4 rings (SSSR count). The fourth-order valence-electron chi connectivity index (χ4n) is 4.23. The summed E-state index contributed by atoms with van der Waals surface area (Å²) in [7, 11) is 0. The Morgan fingerprint density at radius 2 is 1.90 bits per heavy atom. The number of pyridine rings is 1. The Hall–Kier alpha value is -2.25. The lowest BCUT2D eigenvalue weighted by Crippen LogP contribution is -2.46. The molecule has 2 aliphatic heterocycles. The molecule has 1 aromatic carbocycles. The van der Waals surface area contributed by atoms with E-state index in [1.165, 1.54) is 11.1 Å². The van der Waals surface area contributed by atoms with Gasteiger partial charge in [0.05, 0.1) is 6.04 Å². The predicted molar refractivity (Wildman–Crippen MR) is 129 cm³/mol. The molecule has 0 aliphatic carbocycles. The Kier molecular flexibility index (Phi) is 7.35. The Balaban J connectivity index is 1.37. The van der Waals surface area contributed by atoms with Gasteiger partial charge in [-0.15, -0.1) is 0 Å². The van der Waals surface area contributed by atoms with Crippen LogP contribution in [-0.4, -0.2) is 71.6 Å². The zero-order valence-electron chi connectivity index (χ0n) is 18.6. The van der Waals surface area contributed by atoms with Crippen molar-refractivity contribution in [1.82, 2.24) is 20.1 Å². The van der Waals surface area contributed by atoms with Crippen LogP contribution in [0.15, 0.2) is 42.6 Å². The summed E-state index contributed by atoms with van der Waals surface area (Å²) in [4.78, 5) is 24.4. The summed E-state index contributed by atoms with van der Waals surface area (Å²) >= 11 is 1.92. The first-order valence-electron chi connectivity index (χ1n) is 11.2. The Morgan fingerprint density at radius 3 is 2.65 bits per heavy atom. The number of benzene rings is 1. The van der Waals surface area contributed by atoms with Gasteiger partial charge in [0, 0.05) is 57.0 Å². The minimum absolute atomic E-state index is 0.0146. The van der Waals surface area contributed by atoms with Crippen molar-refractivity contribution in [3.05, 3.63) is 59.3 Å². The molecule has 166 valence electrons. The first-order valence-corrected chi connectivity index (χ1v) is 12.4. The second-order valence-corrected chi connectivity index (χ2v) is 9.45. The van der Waals surface area contributed by atoms with Crippen LogP contribution in [0.5, 0.6) is 0 Å². The van der Waals surface area contributed by atoms with Crippen LogP contribution in [0.4, 0.5) is 10.6 Å². The molecule has 0 spiro atoms. The number of hydrogen-bond donors (Lipinski definition) is 1. The van der Waals surface area contributed by atoms with Gasteiger partial charge in [0.1, 0.15) is 5.82 Å². The van der Waals surface area contributed by atoms with E-state index in [1.54, 1.807) is 0 Å². The normalized spacial score (nSPS) is 20.0. The van der Waals surface area contributed by atoms with E-state index in [0.717, 1.165) is 62.2 Å². The second-order valence-electron chi connectivity index (χ2n) is 8.30. The molecule has 1 aromatic heterocycles. The molecule has 1 unspecified atom stereocenters. The van der Waals surface area contributed by atoms with Gasteiger partial charge < -0.3 is 20.0 Å². The predicted octanol–water partition coefficient (Wildman–Crippen LogP) is 3.53. The number of anilines is 1. The average molecular weight is 440 g/mol. The largest absolute Gasteiger partial charge is 0.354 e. The van der Waals surface area contributed by atoms with Gasteiger partial charge in [0.2, 0.25) is 0 Å². The van der Waals surface area contributed by atoms with Crippen LogP contribution in [0.1, 0.15) is 29.7 Å². The maximum atomic E-state index is 13.1. The van der Waals surface area contributed by atoms with Gasteiger partial charge in [-0.05, 0) is 36.7 Å². The Bertz CT molecular complexity index is 867. The van der Waals surface area contributed by atoms with Gasteiger partial charge in [-0.2, -0.15) is 11.8 Å². The summed E-state index contributed by atoms with van der Waals surface area (Å²) in [6.07, 6.45) is 1.86. The molecular weight excluding hydrogens is 406 g/mol. The quantitative estimate of drug-likeness (QED) is 0.772. The van der Waals surface area contributed by atoms with Crippen LogP contribution in [0.3, 0.4) is 0 Å². The van der Waals surface area contributed by atoms with Crippen molar-refractivity contribution in [3.63, 3.8) is 0 Å². The molecule has 1 atom stereocenters. The minimum atomic E-state index is 0.0146. The highest BCUT2D eigenvalue weighted by Crippen LogP contribution is 2.29. The third-order valence-electron chi connectivity index (χ3n) is 6.25. The number of likely N-dealkylation sites (N-methyl/N-ethyl adjacent to an activating group) is 1. The number of aryl methyl sites for hydroxylation is 1. The topological polar surface area (TPSA) is 51.7 Å². The maximum absolute atomic E-state index is 13.1. The Morgan fingerprint density at radius 1 is 1.13 bits per heavy atom. The smallest absolute Gasteiger partial charge is 0.318 e. The first-order chi connectivity index (χ1) is 15.1. The van der Waals surface area contributed by atoms with Gasteiger partial charge in [-0.1, -0.05) is 36.8 Å². The number of piperazine rings is 1. The van der Waals surface area contributed by atoms with Crippen molar-refractivity contribution in [2.24, 2.45) is 0 Å². The number of carbonyl (C=O) groups is 1. The van der Waals surface area contributed by atoms with Crippen LogP contribution in [0, 0.1) is 6.92 Å². The number of amides is 2. The summed E-state index contributed by atoms with van der Waals surface area (Å²) in [5.41, 5.74) is 3.55. The summed E-state index contributed by atoms with van der Waals surface area (Å²) in [5.74, 6) is 2.94. The third kappa shape index (κ3) is 5.52. The van der Waals surface area contributed by atoms with E-state index < -0.39 is 0 Å². The highest BCUT2D eigenvalue weighted by atomic mass is 32.2. The van der Waals surface area contributed by atoms with Crippen LogP contribution >= 0.6 is 11.8 Å². The lowest BCUT2D eigenvalue weighted by molar-refractivity contribution is 0.182. The number of rotatable bonds is 5. The van der Waals surface area contributed by atoms with E-state index in [0.29, 0.717) is 6.54 Å². The van der Waals surface area contributed by atoms with Gasteiger partial charge in [0.25, 0.3) is 0 Å². The molecule has 2 fully saturated rings. The molecule has 0 bridgehead atoms. The van der Waals surface area contributed by atoms with Crippen LogP contribution < -0.4 is 10.2 Å². The zero-order chi connectivity index (χ0) is 21.6. The van der Waals surface area contributed by atoms with Crippen molar-refractivity contribution in [2.75, 3.05) is 55.7 Å². The molecule has 2 aliphatic rings. The van der Waals surface area contributed by atoms with Crippen molar-refractivity contribution in [3.8, 4) is 0 Å². The molecule has 0 radical (unpaired) electrons. The molecule has 0 saturated carbocycles. The van der Waals surface area contributed by atoms with Crippen molar-refractivity contribution in [2.45, 2.75) is 26.4 Å². The fourth-order valence-corrected chi connectivity index (χ4v) is 5.32. The number of hydrogen-bond acceptors (Lipinski definition) is 5. The van der Waals surface area contributed by atoms with Crippen molar-refractivity contribution >= 4 is 23.6 Å². The molecule has 2 aromatic rings. The lowest BCUT2D eigenvalue weighted by Gasteiger charge is -2.36. The van der Waals surface area contributed by atoms with Gasteiger partial charge in [-0.3, -0.25) is 0 Å². The number of aromatic nitrogens is 1. The number of nitrogens with zero attached hydrogens (tertiary/aromatic N) is 4. The van der Waals surface area contributed by atoms with Gasteiger partial charge in [0.15, 0.2) is 0 Å². The summed E-state index contributed by atoms with van der Waals surface area (Å²) < 4.78 is 0. The second kappa shape index (κ2) is 10.4. The lowest BCUT2D eigenvalue weighted by atomic mass is 10.1. The van der Waals surface area contributed by atoms with Gasteiger partial charge >= 0.3 is 6.03 Å². The number of thioether (sulfide) groups is 1. The summed E-state index contributed by atoms with van der Waals surface area (Å²) in [5, 5.41) is 3.15. The third-order valence-corrected chi connectivity index (χ3v) is 7.27. The highest BCUT2D eigenvalue weighted by molar-refractivity contribution is 7.99. The van der Waals surface area contributed by atoms with E-state index in [-0.39, 0.29) is 12.1 Å². The molecule has 6 nitrogen and oxygen atoms in total. The summed E-state index contributed by atoms with van der Waals surface area (Å²) in [6, 6.07) is 12.8. The SMILES string of the molecule is CCN1CCN(c2cc(CNC(=O)N3CCSCC3c3ccc(C)cc3)ccn2)CC1. The molecule has 2 saturated heterocycles. The van der Waals surface area contributed by atoms with Crippen molar-refractivity contribution < 1.29 is 4.79 Å². The van der Waals surface area contributed by atoms with Crippen LogP contribution in [0.2, 0.25) is 0 Å². The van der Waals surface area contributed by atoms with Crippen LogP contribution in [-0.2, 0) is 6.54 Å². The molecule has 2 amide bonds. The van der Waals surface area contributed by atoms with E-state index >= 15 is 0 Å². The highest BCUT2D eigenvalue weighted by Gasteiger charge is 2.28. The molecule has 1 N–H and O–H groups in total. The fraction of sp³-hybridized carbons (Fsp3) is 0.500. The molecule has 3 heterocycles. The van der Waals surface area contributed by atoms with Crippen molar-refractivity contribution in [1.29, 1.82) is 0 Å². The molecule has 31 heavy (non-hydrogen) atoms. The summed E-state index contributed by atoms with van der Waals surface area (Å²) in [6.45, 7) is 10.9. The van der Waals surface area contributed by atoms with E-state index in [2.05, 4.69) is 64.3 Å². The average Bonchev–Trinajstić information content (AvgIpc) is 2.83. The van der Waals surface area contributed by atoms with Gasteiger partial charge in [-0.25, -0.2) is 9.78 Å². The first kappa shape index (κ1) is 22.0. The monoisotopic (exact) mass is 439 g/mol. The number of urea groups is 1. The maximum Gasteiger partial charge on any atom is 0.318 e. The van der Waals surface area contributed by atoms with E-state index in [4.69, 9.17) is 0 Å². The molecular formula is C24H33N5OS. The zero-order valence-corrected chi connectivity index (χ0v) is 19.4. The minimum Gasteiger partial charge on any atom is -0.354 e. The number of carbonyl (C=O) groups excluding carboxylic acids is 1. The molecule has 7 heteroatoms. The standard InChI is InChI=1S/C24H33N5OS/c1-3-27-10-12-28(13-11-27)23-16-20(8-9-25-23)17-26-24(30)29-14-15-31-18-22(29)21-6-4-19(2)5-7-21/h4-9,16,22H,3,10-15,17-18H2,1-2H3,(H,26,30). The van der Waals surface area contributed by atoms with E-state index in [1.807, 2.05) is 28.9 Å². The Labute approximate surface area is 190 Å². The van der Waals surface area contributed by atoms with E-state index in [9.17, 15) is 4.79 Å². The number of nitrogens with one attached hydrogen (secondary N) is 1. The van der Waals surface area contributed by atoms with Crippen LogP contribution in [0.25, 0.3) is 0 Å².